The Balaban J connectivity index is 1.91. The Kier molecular flexibility index (Phi) is 6.02. The fourth-order valence-corrected chi connectivity index (χ4v) is 5.27. The quantitative estimate of drug-likeness (QED) is 0.325. The van der Waals surface area contributed by atoms with Gasteiger partial charge in [-0.25, -0.2) is 14.2 Å². The molecule has 0 radical (unpaired) electrons. The zero-order valence-electron chi connectivity index (χ0n) is 19.8. The minimum absolute atomic E-state index is 0.0620. The van der Waals surface area contributed by atoms with Crippen molar-refractivity contribution in [1.82, 2.24) is 14.1 Å². The number of carbonyl (C=O) groups is 1. The highest BCUT2D eigenvalue weighted by molar-refractivity contribution is 7.09. The SMILES string of the molecule is COc1cccc(Cn2c(C(=O)O)c(-n3c(=O)[nH]c4cscc4c3=O)c3cc(C(F)(F)F)ccc32)c1OC. The number of thiophene rings is 1. The summed E-state index contributed by atoms with van der Waals surface area (Å²) in [5.74, 6) is -0.909. The van der Waals surface area contributed by atoms with Crippen molar-refractivity contribution in [2.75, 3.05) is 14.2 Å². The number of halogens is 3. The van der Waals surface area contributed by atoms with Gasteiger partial charge in [-0.2, -0.15) is 13.2 Å². The number of para-hydroxylation sites is 1. The van der Waals surface area contributed by atoms with E-state index in [2.05, 4.69) is 4.98 Å². The zero-order chi connectivity index (χ0) is 27.4. The summed E-state index contributed by atoms with van der Waals surface area (Å²) in [6, 6.07) is 7.57. The molecule has 0 aliphatic carbocycles. The summed E-state index contributed by atoms with van der Waals surface area (Å²) in [6.07, 6.45) is -4.76. The highest BCUT2D eigenvalue weighted by Gasteiger charge is 2.33. The first-order valence-corrected chi connectivity index (χ1v) is 11.9. The molecule has 0 atom stereocenters. The van der Waals surface area contributed by atoms with Crippen molar-refractivity contribution in [1.29, 1.82) is 0 Å². The number of nitrogens with one attached hydrogen (secondary N) is 1. The third-order valence-corrected chi connectivity index (χ3v) is 6.89. The van der Waals surface area contributed by atoms with Gasteiger partial charge in [-0.3, -0.25) is 4.79 Å². The van der Waals surface area contributed by atoms with E-state index in [-0.39, 0.29) is 34.1 Å². The number of carboxylic acid groups (broad SMARTS) is 1. The number of aromatic nitrogens is 3. The molecule has 2 N–H and O–H groups in total. The van der Waals surface area contributed by atoms with Crippen molar-refractivity contribution in [3.05, 3.63) is 84.8 Å². The third kappa shape index (κ3) is 3.91. The van der Waals surface area contributed by atoms with Gasteiger partial charge < -0.3 is 24.1 Å². The van der Waals surface area contributed by atoms with Crippen molar-refractivity contribution in [3.8, 4) is 17.2 Å². The largest absolute Gasteiger partial charge is 0.493 e. The van der Waals surface area contributed by atoms with Crippen LogP contribution in [0.4, 0.5) is 13.2 Å². The molecular formula is C25H18F3N3O6S. The van der Waals surface area contributed by atoms with Crippen LogP contribution in [0.15, 0.2) is 56.7 Å². The van der Waals surface area contributed by atoms with Crippen molar-refractivity contribution in [2.45, 2.75) is 12.7 Å². The Morgan fingerprint density at radius 2 is 1.84 bits per heavy atom. The normalized spacial score (nSPS) is 11.8. The van der Waals surface area contributed by atoms with Crippen LogP contribution in [0.2, 0.25) is 0 Å². The van der Waals surface area contributed by atoms with E-state index in [9.17, 15) is 32.7 Å². The number of benzene rings is 2. The van der Waals surface area contributed by atoms with Crippen LogP contribution in [-0.4, -0.2) is 39.4 Å². The predicted molar refractivity (Wildman–Crippen MR) is 134 cm³/mol. The van der Waals surface area contributed by atoms with Crippen LogP contribution in [0.5, 0.6) is 11.5 Å². The molecule has 9 nitrogen and oxygen atoms in total. The molecule has 3 heterocycles. The van der Waals surface area contributed by atoms with Crippen molar-refractivity contribution < 1.29 is 32.5 Å². The van der Waals surface area contributed by atoms with Crippen LogP contribution in [0.1, 0.15) is 21.6 Å². The highest BCUT2D eigenvalue weighted by Crippen LogP contribution is 2.38. The van der Waals surface area contributed by atoms with Gasteiger partial charge in [-0.05, 0) is 24.3 Å². The first kappa shape index (κ1) is 25.1. The van der Waals surface area contributed by atoms with Crippen LogP contribution in [0.25, 0.3) is 27.5 Å². The molecule has 5 rings (SSSR count). The molecule has 0 spiro atoms. The number of alkyl halides is 3. The van der Waals surface area contributed by atoms with Gasteiger partial charge in [0.25, 0.3) is 5.56 Å². The van der Waals surface area contributed by atoms with Gasteiger partial charge in [0.2, 0.25) is 0 Å². The fraction of sp³-hybridized carbons (Fsp3) is 0.160. The number of fused-ring (bicyclic) bond motifs is 2. The van der Waals surface area contributed by atoms with Crippen LogP contribution in [0.3, 0.4) is 0 Å². The van der Waals surface area contributed by atoms with E-state index in [0.717, 1.165) is 29.5 Å². The molecule has 0 saturated carbocycles. The Morgan fingerprint density at radius 1 is 1.08 bits per heavy atom. The smallest absolute Gasteiger partial charge is 0.416 e. The topological polar surface area (TPSA) is 116 Å². The average Bonchev–Trinajstić information content (AvgIpc) is 3.46. The van der Waals surface area contributed by atoms with Crippen molar-refractivity contribution in [3.63, 3.8) is 0 Å². The van der Waals surface area contributed by atoms with E-state index in [0.29, 0.717) is 15.9 Å². The number of methoxy groups -OCH3 is 2. The molecule has 5 aromatic rings. The lowest BCUT2D eigenvalue weighted by Crippen LogP contribution is -2.34. The summed E-state index contributed by atoms with van der Waals surface area (Å²) in [5.41, 5.74) is -3.19. The van der Waals surface area contributed by atoms with E-state index in [4.69, 9.17) is 9.47 Å². The zero-order valence-corrected chi connectivity index (χ0v) is 20.6. The predicted octanol–water partition coefficient (Wildman–Crippen LogP) is 4.48. The highest BCUT2D eigenvalue weighted by atomic mass is 32.1. The van der Waals surface area contributed by atoms with Crippen molar-refractivity contribution in [2.24, 2.45) is 0 Å². The number of ether oxygens (including phenoxy) is 2. The molecule has 0 aliphatic rings. The minimum Gasteiger partial charge on any atom is -0.493 e. The molecule has 0 amide bonds. The van der Waals surface area contributed by atoms with Gasteiger partial charge in [0.1, 0.15) is 0 Å². The summed E-state index contributed by atoms with van der Waals surface area (Å²) in [5, 5.41) is 13.1. The van der Waals surface area contributed by atoms with Gasteiger partial charge in [-0.1, -0.05) is 12.1 Å². The van der Waals surface area contributed by atoms with E-state index < -0.39 is 40.3 Å². The third-order valence-electron chi connectivity index (χ3n) is 6.14. The number of aromatic carboxylic acids is 1. The number of rotatable bonds is 6. The summed E-state index contributed by atoms with van der Waals surface area (Å²) >= 11 is 1.13. The number of hydrogen-bond acceptors (Lipinski definition) is 6. The number of H-pyrrole nitrogens is 1. The van der Waals surface area contributed by atoms with E-state index in [1.807, 2.05) is 0 Å². The lowest BCUT2D eigenvalue weighted by atomic mass is 10.1. The molecule has 0 bridgehead atoms. The second-order valence-corrected chi connectivity index (χ2v) is 8.98. The summed E-state index contributed by atoms with van der Waals surface area (Å²) in [6.45, 7) is -0.183. The van der Waals surface area contributed by atoms with E-state index in [1.54, 1.807) is 18.2 Å². The number of nitrogens with zero attached hydrogens (tertiary/aromatic N) is 2. The fourth-order valence-electron chi connectivity index (χ4n) is 4.52. The van der Waals surface area contributed by atoms with E-state index in [1.165, 1.54) is 29.5 Å². The number of carboxylic acids is 1. The summed E-state index contributed by atoms with van der Waals surface area (Å²) in [7, 11) is 2.81. The molecular weight excluding hydrogens is 527 g/mol. The monoisotopic (exact) mass is 545 g/mol. The summed E-state index contributed by atoms with van der Waals surface area (Å²) in [4.78, 5) is 41.6. The molecule has 0 saturated heterocycles. The van der Waals surface area contributed by atoms with Gasteiger partial charge >= 0.3 is 17.8 Å². The molecule has 0 unspecified atom stereocenters. The number of hydrogen-bond donors (Lipinski definition) is 2. The molecule has 13 heteroatoms. The lowest BCUT2D eigenvalue weighted by molar-refractivity contribution is -0.137. The second-order valence-electron chi connectivity index (χ2n) is 8.24. The first-order valence-electron chi connectivity index (χ1n) is 10.9. The minimum atomic E-state index is -4.76. The standard InChI is InChI=1S/C25H18F3N3O6S/c1-36-18-5-3-4-12(21(18)37-2)9-30-17-7-6-13(25(26,27)28)8-14(17)19(20(30)23(33)34)31-22(32)15-10-38-11-16(15)29-24(31)35/h3-8,10-11H,9H2,1-2H3,(H,29,35)(H,33,34). The molecule has 196 valence electrons. The van der Waals surface area contributed by atoms with E-state index >= 15 is 0 Å². The first-order chi connectivity index (χ1) is 18.1. The Hall–Kier alpha value is -4.52. The molecule has 2 aromatic carbocycles. The average molecular weight is 545 g/mol. The Morgan fingerprint density at radius 3 is 2.50 bits per heavy atom. The van der Waals surface area contributed by atoms with Crippen LogP contribution in [0, 0.1) is 0 Å². The second kappa shape index (κ2) is 9.10. The maximum Gasteiger partial charge on any atom is 0.416 e. The van der Waals surface area contributed by atoms with Gasteiger partial charge in [0.15, 0.2) is 17.2 Å². The van der Waals surface area contributed by atoms with Crippen LogP contribution in [-0.2, 0) is 12.7 Å². The molecule has 3 aromatic heterocycles. The lowest BCUT2D eigenvalue weighted by Gasteiger charge is -2.15. The number of aromatic amines is 1. The molecule has 38 heavy (non-hydrogen) atoms. The van der Waals surface area contributed by atoms with Crippen LogP contribution >= 0.6 is 11.3 Å². The molecule has 0 fully saturated rings. The van der Waals surface area contributed by atoms with Gasteiger partial charge in [-0.15, -0.1) is 11.3 Å². The van der Waals surface area contributed by atoms with Gasteiger partial charge in [0.05, 0.1) is 48.4 Å². The Bertz CT molecular complexity index is 1850. The van der Waals surface area contributed by atoms with Gasteiger partial charge in [0, 0.05) is 21.7 Å². The summed E-state index contributed by atoms with van der Waals surface area (Å²) < 4.78 is 53.6. The molecule has 0 aliphatic heterocycles. The maximum atomic E-state index is 13.7. The Labute approximate surface area is 214 Å². The maximum absolute atomic E-state index is 13.7. The van der Waals surface area contributed by atoms with Crippen LogP contribution < -0.4 is 20.7 Å². The van der Waals surface area contributed by atoms with Crippen molar-refractivity contribution >= 4 is 39.1 Å².